The largest absolute Gasteiger partial charge is 0.493 e. The van der Waals surface area contributed by atoms with Gasteiger partial charge < -0.3 is 25.5 Å². The number of nitrogens with two attached hydrogens (primary N) is 1. The number of nitrogens with zero attached hydrogens (tertiary/aromatic N) is 1. The second-order valence-corrected chi connectivity index (χ2v) is 12.1. The van der Waals surface area contributed by atoms with Gasteiger partial charge in [0.15, 0.2) is 0 Å². The van der Waals surface area contributed by atoms with Crippen molar-refractivity contribution in [2.45, 2.75) is 75.3 Å². The molecule has 7 heteroatoms. The molecule has 0 bridgehead atoms. The molecule has 40 heavy (non-hydrogen) atoms. The van der Waals surface area contributed by atoms with Crippen LogP contribution in [0.1, 0.15) is 61.1 Å². The molecular formula is C33H40N4O3. The number of piperidine rings is 1. The molecule has 1 aromatic heterocycles. The monoisotopic (exact) mass is 540 g/mol. The summed E-state index contributed by atoms with van der Waals surface area (Å²) in [6.07, 6.45) is 14.2. The van der Waals surface area contributed by atoms with Gasteiger partial charge in [-0.3, -0.25) is 9.69 Å². The Morgan fingerprint density at radius 2 is 1.90 bits per heavy atom. The number of hydrogen-bond donors (Lipinski definition) is 3. The number of carbonyl (C=O) groups excluding carboxylic acids is 1. The molecule has 210 valence electrons. The van der Waals surface area contributed by atoms with Crippen molar-refractivity contribution in [2.24, 2.45) is 11.7 Å². The van der Waals surface area contributed by atoms with Gasteiger partial charge in [-0.05, 0) is 85.3 Å². The molecule has 4 N–H and O–H groups in total. The second kappa shape index (κ2) is 11.0. The molecular weight excluding hydrogens is 500 g/mol. The van der Waals surface area contributed by atoms with Crippen LogP contribution in [0, 0.1) is 5.92 Å². The zero-order valence-electron chi connectivity index (χ0n) is 23.1. The number of primary amides is 1. The van der Waals surface area contributed by atoms with E-state index in [1.807, 2.05) is 0 Å². The Labute approximate surface area is 236 Å². The third-order valence-electron chi connectivity index (χ3n) is 9.61. The number of H-pyrrole nitrogens is 1. The molecule has 4 aliphatic rings. The van der Waals surface area contributed by atoms with Crippen LogP contribution in [0.3, 0.4) is 0 Å². The topological polar surface area (TPSA) is 95.9 Å². The molecule has 0 spiro atoms. The molecule has 3 aliphatic heterocycles. The highest BCUT2D eigenvalue weighted by Crippen LogP contribution is 2.38. The van der Waals surface area contributed by atoms with Crippen LogP contribution in [-0.4, -0.2) is 59.9 Å². The summed E-state index contributed by atoms with van der Waals surface area (Å²) in [4.78, 5) is 18.4. The summed E-state index contributed by atoms with van der Waals surface area (Å²) in [7, 11) is 0. The molecule has 1 amide bonds. The van der Waals surface area contributed by atoms with Gasteiger partial charge in [-0.1, -0.05) is 36.4 Å². The van der Waals surface area contributed by atoms with Crippen molar-refractivity contribution < 1.29 is 14.3 Å². The number of aromatic amines is 1. The molecule has 2 saturated heterocycles. The van der Waals surface area contributed by atoms with Gasteiger partial charge in [0.05, 0.1) is 12.6 Å². The van der Waals surface area contributed by atoms with Crippen molar-refractivity contribution in [3.63, 3.8) is 0 Å². The highest BCUT2D eigenvalue weighted by atomic mass is 16.6. The van der Waals surface area contributed by atoms with Gasteiger partial charge in [-0.2, -0.15) is 0 Å². The molecule has 2 aromatic carbocycles. The smallest absolute Gasteiger partial charge is 0.234 e. The SMILES string of the molecule is NC(=O)C(NC1CCC(c2c[nH]c3ccccc23)CC1)C1CCN(C2OC2C=Cc2ccc3c(c2)CCO3)CC1. The number of nitrogens with one attached hydrogen (secondary N) is 2. The number of para-hydroxylation sites is 1. The summed E-state index contributed by atoms with van der Waals surface area (Å²) < 4.78 is 11.6. The molecule has 3 aromatic rings. The molecule has 7 nitrogen and oxygen atoms in total. The van der Waals surface area contributed by atoms with Crippen molar-refractivity contribution in [1.29, 1.82) is 0 Å². The van der Waals surface area contributed by atoms with E-state index in [1.165, 1.54) is 27.6 Å². The highest BCUT2D eigenvalue weighted by molar-refractivity contribution is 5.83. The van der Waals surface area contributed by atoms with Gasteiger partial charge in [0, 0.05) is 42.7 Å². The van der Waals surface area contributed by atoms with E-state index < -0.39 is 0 Å². The van der Waals surface area contributed by atoms with Crippen LogP contribution in [0.5, 0.6) is 5.75 Å². The first kappa shape index (κ1) is 25.8. The Hall–Kier alpha value is -3.13. The summed E-state index contributed by atoms with van der Waals surface area (Å²) >= 11 is 0. The standard InChI is InChI=1S/C33H40N4O3/c34-32(38)31(36-25-9-7-22(8-10-25)27-20-35-28-4-2-1-3-26(27)28)23-13-16-37(17-14-23)33-30(40-33)12-6-21-5-11-29-24(19-21)15-18-39-29/h1-6,11-12,19-20,22-23,25,30-31,33,35-36H,7-10,13-18H2,(H2,34,38). The third-order valence-corrected chi connectivity index (χ3v) is 9.61. The van der Waals surface area contributed by atoms with Crippen LogP contribution in [0.15, 0.2) is 54.7 Å². The summed E-state index contributed by atoms with van der Waals surface area (Å²) in [5, 5.41) is 5.04. The summed E-state index contributed by atoms with van der Waals surface area (Å²) in [5.74, 6) is 1.66. The van der Waals surface area contributed by atoms with Crippen molar-refractivity contribution in [1.82, 2.24) is 15.2 Å². The number of fused-ring (bicyclic) bond motifs is 2. The molecule has 1 saturated carbocycles. The van der Waals surface area contributed by atoms with Crippen molar-refractivity contribution in [2.75, 3.05) is 19.7 Å². The molecule has 3 atom stereocenters. The summed E-state index contributed by atoms with van der Waals surface area (Å²) in [5.41, 5.74) is 11.1. The molecule has 3 unspecified atom stereocenters. The van der Waals surface area contributed by atoms with E-state index in [4.69, 9.17) is 15.2 Å². The first-order valence-corrected chi connectivity index (χ1v) is 15.1. The van der Waals surface area contributed by atoms with Gasteiger partial charge in [0.2, 0.25) is 5.91 Å². The zero-order chi connectivity index (χ0) is 27.1. The maximum absolute atomic E-state index is 12.5. The number of carbonyl (C=O) groups is 1. The average molecular weight is 541 g/mol. The Bertz CT molecular complexity index is 1380. The first-order chi connectivity index (χ1) is 19.6. The normalized spacial score (nSPS) is 28.0. The van der Waals surface area contributed by atoms with Gasteiger partial charge in [-0.25, -0.2) is 0 Å². The lowest BCUT2D eigenvalue weighted by Crippen LogP contribution is -2.54. The van der Waals surface area contributed by atoms with Crippen molar-refractivity contribution in [3.8, 4) is 5.75 Å². The van der Waals surface area contributed by atoms with Crippen LogP contribution in [0.4, 0.5) is 0 Å². The van der Waals surface area contributed by atoms with E-state index in [0.717, 1.165) is 70.4 Å². The zero-order valence-corrected chi connectivity index (χ0v) is 23.1. The first-order valence-electron chi connectivity index (χ1n) is 15.1. The van der Waals surface area contributed by atoms with E-state index >= 15 is 0 Å². The fourth-order valence-electron chi connectivity index (χ4n) is 7.28. The van der Waals surface area contributed by atoms with Crippen LogP contribution in [0.2, 0.25) is 0 Å². The number of ether oxygens (including phenoxy) is 2. The molecule has 7 rings (SSSR count). The molecule has 0 radical (unpaired) electrons. The fourth-order valence-corrected chi connectivity index (χ4v) is 7.28. The Morgan fingerprint density at radius 3 is 2.73 bits per heavy atom. The van der Waals surface area contributed by atoms with Crippen molar-refractivity contribution in [3.05, 3.63) is 71.4 Å². The van der Waals surface area contributed by atoms with Crippen LogP contribution >= 0.6 is 0 Å². The van der Waals surface area contributed by atoms with Gasteiger partial charge >= 0.3 is 0 Å². The maximum atomic E-state index is 12.5. The number of benzene rings is 2. The van der Waals surface area contributed by atoms with E-state index in [2.05, 4.69) is 76.0 Å². The third kappa shape index (κ3) is 5.30. The minimum atomic E-state index is -0.253. The fraction of sp³-hybridized carbons (Fsp3) is 0.485. The van der Waals surface area contributed by atoms with Gasteiger partial charge in [0.25, 0.3) is 0 Å². The number of epoxide rings is 1. The quantitative estimate of drug-likeness (QED) is 0.359. The van der Waals surface area contributed by atoms with Crippen LogP contribution in [-0.2, 0) is 16.0 Å². The van der Waals surface area contributed by atoms with Gasteiger partial charge in [-0.15, -0.1) is 0 Å². The Kier molecular flexibility index (Phi) is 7.12. The lowest BCUT2D eigenvalue weighted by molar-refractivity contribution is -0.122. The van der Waals surface area contributed by atoms with Crippen LogP contribution < -0.4 is 15.8 Å². The summed E-state index contributed by atoms with van der Waals surface area (Å²) in [6, 6.07) is 15.0. The minimum Gasteiger partial charge on any atom is -0.493 e. The summed E-state index contributed by atoms with van der Waals surface area (Å²) in [6.45, 7) is 2.66. The molecule has 1 aliphatic carbocycles. The second-order valence-electron chi connectivity index (χ2n) is 12.1. The number of likely N-dealkylation sites (tertiary alicyclic amines) is 1. The number of aromatic nitrogens is 1. The Balaban J connectivity index is 0.887. The van der Waals surface area contributed by atoms with Crippen molar-refractivity contribution >= 4 is 22.9 Å². The van der Waals surface area contributed by atoms with E-state index in [-0.39, 0.29) is 30.2 Å². The number of hydrogen-bond acceptors (Lipinski definition) is 5. The predicted molar refractivity (Wildman–Crippen MR) is 157 cm³/mol. The lowest BCUT2D eigenvalue weighted by Gasteiger charge is -2.37. The predicted octanol–water partition coefficient (Wildman–Crippen LogP) is 4.72. The molecule has 3 fully saturated rings. The Morgan fingerprint density at radius 1 is 1.07 bits per heavy atom. The van der Waals surface area contributed by atoms with E-state index in [9.17, 15) is 4.79 Å². The molecule has 4 heterocycles. The lowest BCUT2D eigenvalue weighted by atomic mass is 9.80. The van der Waals surface area contributed by atoms with Gasteiger partial charge in [0.1, 0.15) is 18.1 Å². The maximum Gasteiger partial charge on any atom is 0.234 e. The highest BCUT2D eigenvalue weighted by Gasteiger charge is 2.44. The number of amides is 1. The average Bonchev–Trinajstić information content (AvgIpc) is 3.39. The van der Waals surface area contributed by atoms with E-state index in [1.54, 1.807) is 0 Å². The van der Waals surface area contributed by atoms with Crippen LogP contribution in [0.25, 0.3) is 17.0 Å². The minimum absolute atomic E-state index is 0.137. The van der Waals surface area contributed by atoms with E-state index in [0.29, 0.717) is 12.0 Å². The number of rotatable bonds is 8.